The molecule has 0 saturated carbocycles. The highest BCUT2D eigenvalue weighted by atomic mass is 16.1. The lowest BCUT2D eigenvalue weighted by Crippen LogP contribution is -2.45. The van der Waals surface area contributed by atoms with Gasteiger partial charge in [-0.15, -0.1) is 0 Å². The third kappa shape index (κ3) is 4.41. The smallest absolute Gasteiger partial charge is 0.222 e. The van der Waals surface area contributed by atoms with Gasteiger partial charge < -0.3 is 14.8 Å². The van der Waals surface area contributed by atoms with E-state index in [1.807, 2.05) is 13.1 Å². The highest BCUT2D eigenvalue weighted by Crippen LogP contribution is 2.21. The number of piperidine rings is 1. The lowest BCUT2D eigenvalue weighted by molar-refractivity contribution is -0.122. The predicted octanol–water partition coefficient (Wildman–Crippen LogP) is 3.24. The van der Waals surface area contributed by atoms with Crippen molar-refractivity contribution in [1.29, 1.82) is 0 Å². The minimum Gasteiger partial charge on any atom is -0.371 e. The molecule has 1 aromatic carbocycles. The van der Waals surface area contributed by atoms with Crippen molar-refractivity contribution in [3.05, 3.63) is 48.0 Å². The molecular weight excluding hydrogens is 312 g/mol. The molecule has 1 saturated heterocycles. The van der Waals surface area contributed by atoms with Gasteiger partial charge in [-0.05, 0) is 51.3 Å². The largest absolute Gasteiger partial charge is 0.371 e. The van der Waals surface area contributed by atoms with Crippen molar-refractivity contribution in [3.63, 3.8) is 0 Å². The quantitative estimate of drug-likeness (QED) is 0.909. The lowest BCUT2D eigenvalue weighted by Gasteiger charge is -2.34. The van der Waals surface area contributed by atoms with E-state index in [-0.39, 0.29) is 18.0 Å². The van der Waals surface area contributed by atoms with Crippen LogP contribution in [0.1, 0.15) is 43.6 Å². The molecule has 1 amide bonds. The second-order valence-electron chi connectivity index (χ2n) is 7.10. The predicted molar refractivity (Wildman–Crippen MR) is 101 cm³/mol. The van der Waals surface area contributed by atoms with Gasteiger partial charge in [-0.3, -0.25) is 4.79 Å². The van der Waals surface area contributed by atoms with E-state index in [2.05, 4.69) is 57.9 Å². The maximum absolute atomic E-state index is 12.4. The summed E-state index contributed by atoms with van der Waals surface area (Å²) in [5.41, 5.74) is 2.57. The first-order valence-electron chi connectivity index (χ1n) is 9.13. The fraction of sp³-hybridized carbons (Fsp3) is 0.500. The van der Waals surface area contributed by atoms with Crippen molar-refractivity contribution in [1.82, 2.24) is 14.9 Å². The molecule has 3 rings (SSSR count). The van der Waals surface area contributed by atoms with Crippen LogP contribution in [0.4, 0.5) is 5.69 Å². The summed E-state index contributed by atoms with van der Waals surface area (Å²) in [6.07, 6.45) is 6.21. The summed E-state index contributed by atoms with van der Waals surface area (Å²) in [6, 6.07) is 9.05. The van der Waals surface area contributed by atoms with Crippen LogP contribution >= 0.6 is 0 Å². The van der Waals surface area contributed by atoms with Crippen LogP contribution in [0.25, 0.3) is 0 Å². The fourth-order valence-corrected chi connectivity index (χ4v) is 3.61. The number of aryl methyl sites for hydroxylation is 2. The molecular formula is C20H28N4O. The highest BCUT2D eigenvalue weighted by molar-refractivity contribution is 5.76. The first-order chi connectivity index (χ1) is 12.0. The summed E-state index contributed by atoms with van der Waals surface area (Å²) in [5, 5.41) is 3.22. The molecule has 0 aliphatic carbocycles. The number of nitrogens with one attached hydrogen (secondary N) is 1. The summed E-state index contributed by atoms with van der Waals surface area (Å²) >= 11 is 0. The normalized spacial score (nSPS) is 16.7. The number of aromatic nitrogens is 2. The molecule has 1 atom stereocenters. The Kier molecular flexibility index (Phi) is 5.41. The number of anilines is 1. The maximum Gasteiger partial charge on any atom is 0.222 e. The molecule has 2 aromatic rings. The van der Waals surface area contributed by atoms with E-state index >= 15 is 0 Å². The zero-order chi connectivity index (χ0) is 17.8. The maximum atomic E-state index is 12.4. The summed E-state index contributed by atoms with van der Waals surface area (Å²) in [4.78, 5) is 19.0. The van der Waals surface area contributed by atoms with Gasteiger partial charge in [-0.25, -0.2) is 4.98 Å². The molecule has 134 valence electrons. The number of imidazole rings is 1. The van der Waals surface area contributed by atoms with Crippen molar-refractivity contribution in [3.8, 4) is 0 Å². The van der Waals surface area contributed by atoms with Crippen molar-refractivity contribution >= 4 is 11.6 Å². The van der Waals surface area contributed by atoms with Crippen LogP contribution in [0.2, 0.25) is 0 Å². The van der Waals surface area contributed by atoms with Crippen LogP contribution in [0.5, 0.6) is 0 Å². The number of hydrogen-bond donors (Lipinski definition) is 1. The van der Waals surface area contributed by atoms with E-state index in [9.17, 15) is 4.79 Å². The number of benzene rings is 1. The molecule has 0 radical (unpaired) electrons. The lowest BCUT2D eigenvalue weighted by atomic mass is 10.0. The second-order valence-corrected chi connectivity index (χ2v) is 7.10. The SMILES string of the molecule is Cc1cccc(N2CCC(NC(=O)C[C@@H](C)n3ccnc3C)CC2)c1. The molecule has 1 N–H and O–H groups in total. The molecule has 1 fully saturated rings. The van der Waals surface area contributed by atoms with Gasteiger partial charge in [0, 0.05) is 49.7 Å². The number of carbonyl (C=O) groups is 1. The number of nitrogens with zero attached hydrogens (tertiary/aromatic N) is 3. The Morgan fingerprint density at radius 1 is 1.32 bits per heavy atom. The van der Waals surface area contributed by atoms with Crippen LogP contribution in [0, 0.1) is 13.8 Å². The van der Waals surface area contributed by atoms with E-state index in [1.165, 1.54) is 11.3 Å². The average molecular weight is 340 g/mol. The van der Waals surface area contributed by atoms with Crippen molar-refractivity contribution in [2.45, 2.75) is 52.1 Å². The van der Waals surface area contributed by atoms with E-state index in [4.69, 9.17) is 0 Å². The number of carbonyl (C=O) groups excluding carboxylic acids is 1. The molecule has 0 bridgehead atoms. The molecule has 1 aliphatic rings. The summed E-state index contributed by atoms with van der Waals surface area (Å²) < 4.78 is 2.06. The van der Waals surface area contributed by atoms with Gasteiger partial charge in [0.15, 0.2) is 0 Å². The van der Waals surface area contributed by atoms with Gasteiger partial charge >= 0.3 is 0 Å². The molecule has 1 aromatic heterocycles. The molecule has 5 nitrogen and oxygen atoms in total. The van der Waals surface area contributed by atoms with E-state index in [0.29, 0.717) is 6.42 Å². The zero-order valence-electron chi connectivity index (χ0n) is 15.4. The van der Waals surface area contributed by atoms with E-state index in [0.717, 1.165) is 31.8 Å². The van der Waals surface area contributed by atoms with Gasteiger partial charge in [0.1, 0.15) is 5.82 Å². The van der Waals surface area contributed by atoms with Crippen LogP contribution in [0.3, 0.4) is 0 Å². The van der Waals surface area contributed by atoms with Crippen molar-refractivity contribution in [2.24, 2.45) is 0 Å². The molecule has 2 heterocycles. The highest BCUT2D eigenvalue weighted by Gasteiger charge is 2.22. The first-order valence-corrected chi connectivity index (χ1v) is 9.13. The fourth-order valence-electron chi connectivity index (χ4n) is 3.61. The zero-order valence-corrected chi connectivity index (χ0v) is 15.4. The van der Waals surface area contributed by atoms with Gasteiger partial charge in [-0.2, -0.15) is 0 Å². The van der Waals surface area contributed by atoms with Crippen molar-refractivity contribution < 1.29 is 4.79 Å². The van der Waals surface area contributed by atoms with Crippen molar-refractivity contribution in [2.75, 3.05) is 18.0 Å². The third-order valence-electron chi connectivity index (χ3n) is 5.04. The Hall–Kier alpha value is -2.30. The minimum atomic E-state index is 0.134. The van der Waals surface area contributed by atoms with Crippen LogP contribution in [0.15, 0.2) is 36.7 Å². The Balaban J connectivity index is 1.47. The number of rotatable bonds is 5. The summed E-state index contributed by atoms with van der Waals surface area (Å²) in [5.74, 6) is 1.08. The molecule has 0 unspecified atom stereocenters. The van der Waals surface area contributed by atoms with Gasteiger partial charge in [0.05, 0.1) is 0 Å². The van der Waals surface area contributed by atoms with Crippen LogP contribution < -0.4 is 10.2 Å². The van der Waals surface area contributed by atoms with E-state index in [1.54, 1.807) is 6.20 Å². The minimum absolute atomic E-state index is 0.134. The van der Waals surface area contributed by atoms with Gasteiger partial charge in [-0.1, -0.05) is 12.1 Å². The van der Waals surface area contributed by atoms with Gasteiger partial charge in [0.25, 0.3) is 0 Å². The van der Waals surface area contributed by atoms with Gasteiger partial charge in [0.2, 0.25) is 5.91 Å². The topological polar surface area (TPSA) is 50.2 Å². The number of amides is 1. The Morgan fingerprint density at radius 3 is 2.72 bits per heavy atom. The number of hydrogen-bond acceptors (Lipinski definition) is 3. The Bertz CT molecular complexity index is 716. The Morgan fingerprint density at radius 2 is 2.08 bits per heavy atom. The third-order valence-corrected chi connectivity index (χ3v) is 5.04. The first kappa shape index (κ1) is 17.5. The van der Waals surface area contributed by atoms with Crippen LogP contribution in [-0.4, -0.2) is 34.6 Å². The Labute approximate surface area is 150 Å². The molecule has 0 spiro atoms. The van der Waals surface area contributed by atoms with Crippen LogP contribution in [-0.2, 0) is 4.79 Å². The average Bonchev–Trinajstić information content (AvgIpc) is 3.01. The summed E-state index contributed by atoms with van der Waals surface area (Å²) in [7, 11) is 0. The second kappa shape index (κ2) is 7.72. The monoisotopic (exact) mass is 340 g/mol. The molecule has 25 heavy (non-hydrogen) atoms. The standard InChI is InChI=1S/C20H28N4O/c1-15-5-4-6-19(13-15)23-10-7-18(8-11-23)22-20(25)14-16(2)24-12-9-21-17(24)3/h4-6,9,12-13,16,18H,7-8,10-11,14H2,1-3H3,(H,22,25)/t16-/m1/s1. The molecule has 5 heteroatoms. The molecule has 1 aliphatic heterocycles. The summed E-state index contributed by atoms with van der Waals surface area (Å²) in [6.45, 7) is 8.14. The van der Waals surface area contributed by atoms with E-state index < -0.39 is 0 Å².